The van der Waals surface area contributed by atoms with E-state index in [0.717, 1.165) is 10.8 Å². The summed E-state index contributed by atoms with van der Waals surface area (Å²) < 4.78 is 33.2. The Morgan fingerprint density at radius 3 is 2.35 bits per heavy atom. The number of hydrogen-bond donors (Lipinski definition) is 0. The number of ether oxygens (including phenoxy) is 1. The van der Waals surface area contributed by atoms with E-state index in [4.69, 9.17) is 4.74 Å². The minimum atomic E-state index is -3.50. The van der Waals surface area contributed by atoms with Crippen LogP contribution in [0.3, 0.4) is 0 Å². The molecule has 0 radical (unpaired) electrons. The molecule has 0 N–H and O–H groups in total. The molecule has 0 bridgehead atoms. The number of piperidine rings is 1. The predicted octanol–water partition coefficient (Wildman–Crippen LogP) is 2.86. The van der Waals surface area contributed by atoms with Gasteiger partial charge in [0, 0.05) is 25.5 Å². The zero-order valence-electron chi connectivity index (χ0n) is 14.2. The number of aromatic nitrogens is 2. The molecule has 6 nitrogen and oxygen atoms in total. The zero-order chi connectivity index (χ0) is 18.0. The summed E-state index contributed by atoms with van der Waals surface area (Å²) in [6.45, 7) is 0.847. The molecule has 0 spiro atoms. The lowest BCUT2D eigenvalue weighted by Crippen LogP contribution is -2.41. The molecular formula is C19H19N3O3S. The van der Waals surface area contributed by atoms with Crippen LogP contribution >= 0.6 is 0 Å². The fraction of sp³-hybridized carbons (Fsp3) is 0.263. The lowest BCUT2D eigenvalue weighted by Gasteiger charge is -2.30. The number of rotatable bonds is 4. The van der Waals surface area contributed by atoms with Crippen molar-refractivity contribution >= 4 is 20.8 Å². The van der Waals surface area contributed by atoms with Gasteiger partial charge in [-0.05, 0) is 41.8 Å². The molecule has 1 fully saturated rings. The van der Waals surface area contributed by atoms with Crippen molar-refractivity contribution in [1.82, 2.24) is 14.3 Å². The smallest absolute Gasteiger partial charge is 0.316 e. The Bertz CT molecular complexity index is 1000. The molecule has 7 heteroatoms. The van der Waals surface area contributed by atoms with E-state index < -0.39 is 10.0 Å². The maximum absolute atomic E-state index is 13.0. The summed E-state index contributed by atoms with van der Waals surface area (Å²) in [5.74, 6) is 0. The van der Waals surface area contributed by atoms with Gasteiger partial charge in [0.15, 0.2) is 0 Å². The van der Waals surface area contributed by atoms with Crippen molar-refractivity contribution in [3.63, 3.8) is 0 Å². The third-order valence-corrected chi connectivity index (χ3v) is 6.47. The van der Waals surface area contributed by atoms with Gasteiger partial charge in [-0.3, -0.25) is 0 Å². The molecule has 1 saturated heterocycles. The van der Waals surface area contributed by atoms with Gasteiger partial charge in [0.05, 0.1) is 4.90 Å². The largest absolute Gasteiger partial charge is 0.460 e. The molecule has 0 aliphatic carbocycles. The molecule has 3 aromatic rings. The standard InChI is InChI=1S/C19H19N3O3S/c23-26(24,18-7-6-15-4-1-2-5-16(15)14-18)22-12-8-17(9-13-22)25-19-20-10-3-11-21-19/h1-7,10-11,14,17H,8-9,12-13H2. The topological polar surface area (TPSA) is 72.4 Å². The summed E-state index contributed by atoms with van der Waals surface area (Å²) in [5.41, 5.74) is 0. The second-order valence-corrected chi connectivity index (χ2v) is 8.20. The Morgan fingerprint density at radius 2 is 1.62 bits per heavy atom. The zero-order valence-corrected chi connectivity index (χ0v) is 15.0. The van der Waals surface area contributed by atoms with E-state index in [0.29, 0.717) is 36.8 Å². The minimum Gasteiger partial charge on any atom is -0.460 e. The van der Waals surface area contributed by atoms with Crippen LogP contribution in [-0.2, 0) is 10.0 Å². The number of hydrogen-bond acceptors (Lipinski definition) is 5. The van der Waals surface area contributed by atoms with Crippen molar-refractivity contribution in [2.45, 2.75) is 23.8 Å². The van der Waals surface area contributed by atoms with Crippen LogP contribution in [0.4, 0.5) is 0 Å². The van der Waals surface area contributed by atoms with Crippen molar-refractivity contribution in [1.29, 1.82) is 0 Å². The van der Waals surface area contributed by atoms with Crippen molar-refractivity contribution < 1.29 is 13.2 Å². The number of fused-ring (bicyclic) bond motifs is 1. The van der Waals surface area contributed by atoms with Crippen molar-refractivity contribution in [3.8, 4) is 6.01 Å². The van der Waals surface area contributed by atoms with Crippen LogP contribution in [0.25, 0.3) is 10.8 Å². The van der Waals surface area contributed by atoms with Gasteiger partial charge in [0.1, 0.15) is 6.10 Å². The van der Waals surface area contributed by atoms with Crippen molar-refractivity contribution in [2.24, 2.45) is 0 Å². The van der Waals surface area contributed by atoms with Crippen LogP contribution in [0.5, 0.6) is 6.01 Å². The Balaban J connectivity index is 1.47. The van der Waals surface area contributed by atoms with E-state index in [9.17, 15) is 8.42 Å². The van der Waals surface area contributed by atoms with Crippen LogP contribution in [0.2, 0.25) is 0 Å². The van der Waals surface area contributed by atoms with Gasteiger partial charge >= 0.3 is 6.01 Å². The average Bonchev–Trinajstić information content (AvgIpc) is 2.69. The normalized spacial score (nSPS) is 16.6. The number of benzene rings is 2. The molecular weight excluding hydrogens is 350 g/mol. The van der Waals surface area contributed by atoms with Gasteiger partial charge in [-0.1, -0.05) is 30.3 Å². The first-order valence-electron chi connectivity index (χ1n) is 8.55. The quantitative estimate of drug-likeness (QED) is 0.707. The number of nitrogens with zero attached hydrogens (tertiary/aromatic N) is 3. The van der Waals surface area contributed by atoms with Crippen LogP contribution in [0.1, 0.15) is 12.8 Å². The third kappa shape index (κ3) is 3.40. The highest BCUT2D eigenvalue weighted by atomic mass is 32.2. The van der Waals surface area contributed by atoms with Crippen LogP contribution < -0.4 is 4.74 Å². The first-order valence-corrected chi connectivity index (χ1v) is 9.99. The highest BCUT2D eigenvalue weighted by molar-refractivity contribution is 7.89. The van der Waals surface area contributed by atoms with E-state index in [2.05, 4.69) is 9.97 Å². The lowest BCUT2D eigenvalue weighted by atomic mass is 10.1. The van der Waals surface area contributed by atoms with E-state index in [1.165, 1.54) is 4.31 Å². The van der Waals surface area contributed by atoms with E-state index in [-0.39, 0.29) is 6.10 Å². The molecule has 1 aromatic heterocycles. The number of sulfonamides is 1. The van der Waals surface area contributed by atoms with Crippen LogP contribution in [0, 0.1) is 0 Å². The summed E-state index contributed by atoms with van der Waals surface area (Å²) in [6, 6.07) is 15.1. The first-order chi connectivity index (χ1) is 12.6. The molecule has 0 saturated carbocycles. The molecule has 0 unspecified atom stereocenters. The minimum absolute atomic E-state index is 0.0690. The fourth-order valence-electron chi connectivity index (χ4n) is 3.16. The summed E-state index contributed by atoms with van der Waals surface area (Å²) >= 11 is 0. The Morgan fingerprint density at radius 1 is 0.923 bits per heavy atom. The lowest BCUT2D eigenvalue weighted by molar-refractivity contribution is 0.124. The van der Waals surface area contributed by atoms with Crippen molar-refractivity contribution in [2.75, 3.05) is 13.1 Å². The summed E-state index contributed by atoms with van der Waals surface area (Å²) in [7, 11) is -3.50. The molecule has 2 heterocycles. The van der Waals surface area contributed by atoms with E-state index >= 15 is 0 Å². The molecule has 0 atom stereocenters. The maximum Gasteiger partial charge on any atom is 0.316 e. The Kier molecular flexibility index (Phi) is 4.57. The van der Waals surface area contributed by atoms with Crippen LogP contribution in [-0.4, -0.2) is 41.9 Å². The average molecular weight is 369 g/mol. The highest BCUT2D eigenvalue weighted by Gasteiger charge is 2.30. The van der Waals surface area contributed by atoms with E-state index in [1.807, 2.05) is 30.3 Å². The second kappa shape index (κ2) is 7.01. The van der Waals surface area contributed by atoms with Gasteiger partial charge in [0.2, 0.25) is 10.0 Å². The Hall–Kier alpha value is -2.51. The maximum atomic E-state index is 13.0. The first kappa shape index (κ1) is 16.9. The fourth-order valence-corrected chi connectivity index (χ4v) is 4.67. The summed E-state index contributed by atoms with van der Waals surface area (Å²) in [5, 5.41) is 1.95. The molecule has 26 heavy (non-hydrogen) atoms. The molecule has 134 valence electrons. The van der Waals surface area contributed by atoms with Gasteiger partial charge in [0.25, 0.3) is 0 Å². The molecule has 4 rings (SSSR count). The highest BCUT2D eigenvalue weighted by Crippen LogP contribution is 2.25. The molecule has 1 aliphatic rings. The monoisotopic (exact) mass is 369 g/mol. The summed E-state index contributed by atoms with van der Waals surface area (Å²) in [6.07, 6.45) is 4.42. The molecule has 1 aliphatic heterocycles. The SMILES string of the molecule is O=S(=O)(c1ccc2ccccc2c1)N1CCC(Oc2ncccn2)CC1. The van der Waals surface area contributed by atoms with Crippen molar-refractivity contribution in [3.05, 3.63) is 60.9 Å². The van der Waals surface area contributed by atoms with E-state index in [1.54, 1.807) is 30.6 Å². The van der Waals surface area contributed by atoms with Crippen LogP contribution in [0.15, 0.2) is 65.8 Å². The third-order valence-electron chi connectivity index (χ3n) is 4.57. The molecule has 2 aromatic carbocycles. The van der Waals surface area contributed by atoms with Gasteiger partial charge in [-0.2, -0.15) is 4.31 Å². The molecule has 0 amide bonds. The van der Waals surface area contributed by atoms with Gasteiger partial charge in [-0.25, -0.2) is 18.4 Å². The van der Waals surface area contributed by atoms with Gasteiger partial charge in [-0.15, -0.1) is 0 Å². The Labute approximate surface area is 152 Å². The second-order valence-electron chi connectivity index (χ2n) is 6.26. The predicted molar refractivity (Wildman–Crippen MR) is 98.4 cm³/mol. The van der Waals surface area contributed by atoms with Gasteiger partial charge < -0.3 is 4.74 Å². The summed E-state index contributed by atoms with van der Waals surface area (Å²) in [4.78, 5) is 8.44.